The Balaban J connectivity index is 2.56. The molecule has 0 radical (unpaired) electrons. The van der Waals surface area contributed by atoms with Crippen LogP contribution in [0.15, 0.2) is 12.1 Å². The Bertz CT molecular complexity index is 469. The standard InChI is InChI=1S/C12H13ClF3NO/c1-18-10-8(12(14,15)16)5-7(6-9(10)13)11(17)3-2-4-11/h5-6H,2-4,17H2,1H3. The van der Waals surface area contributed by atoms with E-state index in [-0.39, 0.29) is 10.8 Å². The van der Waals surface area contributed by atoms with Crippen molar-refractivity contribution >= 4 is 11.6 Å². The van der Waals surface area contributed by atoms with E-state index < -0.39 is 17.3 Å². The van der Waals surface area contributed by atoms with Gasteiger partial charge in [-0.15, -0.1) is 0 Å². The molecule has 0 heterocycles. The highest BCUT2D eigenvalue weighted by molar-refractivity contribution is 6.32. The van der Waals surface area contributed by atoms with Crippen molar-refractivity contribution in [2.45, 2.75) is 31.0 Å². The molecule has 1 aromatic rings. The molecule has 1 saturated carbocycles. The van der Waals surface area contributed by atoms with Crippen LogP contribution in [0.4, 0.5) is 13.2 Å². The summed E-state index contributed by atoms with van der Waals surface area (Å²) in [5.41, 5.74) is 4.90. The summed E-state index contributed by atoms with van der Waals surface area (Å²) in [6, 6.07) is 2.51. The van der Waals surface area contributed by atoms with Crippen LogP contribution in [0.5, 0.6) is 5.75 Å². The second kappa shape index (κ2) is 4.31. The maximum absolute atomic E-state index is 12.9. The van der Waals surface area contributed by atoms with E-state index in [1.165, 1.54) is 6.07 Å². The fourth-order valence-electron chi connectivity index (χ4n) is 2.15. The predicted molar refractivity (Wildman–Crippen MR) is 62.7 cm³/mol. The van der Waals surface area contributed by atoms with Crippen LogP contribution >= 0.6 is 11.6 Å². The van der Waals surface area contributed by atoms with E-state index in [2.05, 4.69) is 0 Å². The highest BCUT2D eigenvalue weighted by Gasteiger charge is 2.40. The number of benzene rings is 1. The maximum atomic E-state index is 12.9. The van der Waals surface area contributed by atoms with Gasteiger partial charge in [-0.1, -0.05) is 11.6 Å². The Hall–Kier alpha value is -0.940. The van der Waals surface area contributed by atoms with E-state index in [1.807, 2.05) is 0 Å². The molecule has 0 saturated heterocycles. The number of halogens is 4. The zero-order chi connectivity index (χ0) is 13.6. The van der Waals surface area contributed by atoms with E-state index in [9.17, 15) is 13.2 Å². The third kappa shape index (κ3) is 2.17. The molecule has 100 valence electrons. The minimum Gasteiger partial charge on any atom is -0.495 e. The number of hydrogen-bond acceptors (Lipinski definition) is 2. The van der Waals surface area contributed by atoms with Gasteiger partial charge in [0.1, 0.15) is 5.75 Å². The summed E-state index contributed by atoms with van der Waals surface area (Å²) in [6.45, 7) is 0. The lowest BCUT2D eigenvalue weighted by Crippen LogP contribution is -2.43. The molecule has 2 rings (SSSR count). The van der Waals surface area contributed by atoms with Crippen LogP contribution in [0.3, 0.4) is 0 Å². The fraction of sp³-hybridized carbons (Fsp3) is 0.500. The number of alkyl halides is 3. The first-order valence-electron chi connectivity index (χ1n) is 5.52. The molecule has 0 aliphatic heterocycles. The molecule has 0 unspecified atom stereocenters. The quantitative estimate of drug-likeness (QED) is 0.896. The largest absolute Gasteiger partial charge is 0.495 e. The van der Waals surface area contributed by atoms with Crippen molar-refractivity contribution in [2.24, 2.45) is 5.73 Å². The first kappa shape index (κ1) is 13.5. The summed E-state index contributed by atoms with van der Waals surface area (Å²) in [5, 5.41) is -0.0564. The number of nitrogens with two attached hydrogens (primary N) is 1. The van der Waals surface area contributed by atoms with Gasteiger partial charge in [0, 0.05) is 5.54 Å². The van der Waals surface area contributed by atoms with Gasteiger partial charge in [-0.2, -0.15) is 13.2 Å². The molecule has 0 bridgehead atoms. The summed E-state index contributed by atoms with van der Waals surface area (Å²) in [4.78, 5) is 0. The van der Waals surface area contributed by atoms with Crippen molar-refractivity contribution in [1.29, 1.82) is 0 Å². The number of rotatable bonds is 2. The molecule has 0 amide bonds. The highest BCUT2D eigenvalue weighted by Crippen LogP contribution is 2.46. The van der Waals surface area contributed by atoms with Gasteiger partial charge in [-0.05, 0) is 37.0 Å². The fourth-order valence-corrected chi connectivity index (χ4v) is 2.44. The van der Waals surface area contributed by atoms with Gasteiger partial charge in [0.15, 0.2) is 0 Å². The topological polar surface area (TPSA) is 35.2 Å². The van der Waals surface area contributed by atoms with Gasteiger partial charge in [0.2, 0.25) is 0 Å². The zero-order valence-corrected chi connectivity index (χ0v) is 10.5. The van der Waals surface area contributed by atoms with E-state index in [4.69, 9.17) is 22.1 Å². The summed E-state index contributed by atoms with van der Waals surface area (Å²) in [7, 11) is 1.16. The Labute approximate surface area is 108 Å². The Morgan fingerprint density at radius 1 is 1.33 bits per heavy atom. The molecule has 1 aliphatic rings. The van der Waals surface area contributed by atoms with Crippen LogP contribution in [-0.2, 0) is 11.7 Å². The van der Waals surface area contributed by atoms with Crippen LogP contribution in [0.2, 0.25) is 5.02 Å². The van der Waals surface area contributed by atoms with Crippen LogP contribution in [-0.4, -0.2) is 7.11 Å². The highest BCUT2D eigenvalue weighted by atomic mass is 35.5. The lowest BCUT2D eigenvalue weighted by Gasteiger charge is -2.39. The minimum atomic E-state index is -4.51. The van der Waals surface area contributed by atoms with Crippen LogP contribution in [0.1, 0.15) is 30.4 Å². The molecule has 0 spiro atoms. The third-order valence-electron chi connectivity index (χ3n) is 3.37. The molecule has 2 N–H and O–H groups in total. The molecule has 1 aliphatic carbocycles. The Kier molecular flexibility index (Phi) is 3.23. The number of hydrogen-bond donors (Lipinski definition) is 1. The SMILES string of the molecule is COc1c(Cl)cc(C2(N)CCC2)cc1C(F)(F)F. The van der Waals surface area contributed by atoms with Crippen LogP contribution < -0.4 is 10.5 Å². The smallest absolute Gasteiger partial charge is 0.420 e. The summed E-state index contributed by atoms with van der Waals surface area (Å²) < 4.78 is 43.5. The molecule has 0 atom stereocenters. The number of ether oxygens (including phenoxy) is 1. The molecule has 2 nitrogen and oxygen atoms in total. The summed E-state index contributed by atoms with van der Waals surface area (Å²) in [6.07, 6.45) is -2.24. The molecule has 6 heteroatoms. The van der Waals surface area contributed by atoms with Gasteiger partial charge >= 0.3 is 6.18 Å². The molecule has 1 fully saturated rings. The molecule has 1 aromatic carbocycles. The lowest BCUT2D eigenvalue weighted by atomic mass is 9.72. The van der Waals surface area contributed by atoms with E-state index >= 15 is 0 Å². The average Bonchev–Trinajstić information content (AvgIpc) is 2.23. The normalized spacial score (nSPS) is 18.3. The van der Waals surface area contributed by atoms with Crippen LogP contribution in [0.25, 0.3) is 0 Å². The van der Waals surface area contributed by atoms with Gasteiger partial charge in [-0.3, -0.25) is 0 Å². The van der Waals surface area contributed by atoms with Crippen molar-refractivity contribution < 1.29 is 17.9 Å². The van der Waals surface area contributed by atoms with Crippen molar-refractivity contribution in [3.63, 3.8) is 0 Å². The third-order valence-corrected chi connectivity index (χ3v) is 3.65. The first-order valence-corrected chi connectivity index (χ1v) is 5.90. The Morgan fingerprint density at radius 3 is 2.33 bits per heavy atom. The molecule has 18 heavy (non-hydrogen) atoms. The lowest BCUT2D eigenvalue weighted by molar-refractivity contribution is -0.138. The predicted octanol–water partition coefficient (Wildman–Crippen LogP) is 3.71. The van der Waals surface area contributed by atoms with Crippen molar-refractivity contribution in [3.8, 4) is 5.75 Å². The van der Waals surface area contributed by atoms with Gasteiger partial charge < -0.3 is 10.5 Å². The van der Waals surface area contributed by atoms with Gasteiger partial charge in [-0.25, -0.2) is 0 Å². The Morgan fingerprint density at radius 2 is 1.94 bits per heavy atom. The van der Waals surface area contributed by atoms with Gasteiger partial charge in [0.05, 0.1) is 17.7 Å². The van der Waals surface area contributed by atoms with Crippen molar-refractivity contribution in [1.82, 2.24) is 0 Å². The first-order chi connectivity index (χ1) is 8.28. The van der Waals surface area contributed by atoms with E-state index in [0.717, 1.165) is 19.6 Å². The van der Waals surface area contributed by atoms with Crippen molar-refractivity contribution in [2.75, 3.05) is 7.11 Å². The van der Waals surface area contributed by atoms with Gasteiger partial charge in [0.25, 0.3) is 0 Å². The molecular formula is C12H13ClF3NO. The minimum absolute atomic E-state index is 0.0564. The van der Waals surface area contributed by atoms with E-state index in [1.54, 1.807) is 0 Å². The summed E-state index contributed by atoms with van der Waals surface area (Å²) >= 11 is 5.85. The number of methoxy groups -OCH3 is 1. The van der Waals surface area contributed by atoms with Crippen molar-refractivity contribution in [3.05, 3.63) is 28.3 Å². The van der Waals surface area contributed by atoms with E-state index in [0.29, 0.717) is 18.4 Å². The molecular weight excluding hydrogens is 267 g/mol. The van der Waals surface area contributed by atoms with Crippen LogP contribution in [0, 0.1) is 0 Å². The monoisotopic (exact) mass is 279 g/mol. The zero-order valence-electron chi connectivity index (χ0n) is 9.77. The average molecular weight is 280 g/mol. The maximum Gasteiger partial charge on any atom is 0.420 e. The molecule has 0 aromatic heterocycles. The second-order valence-corrected chi connectivity index (χ2v) is 4.95. The second-order valence-electron chi connectivity index (χ2n) is 4.55. The summed E-state index contributed by atoms with van der Waals surface area (Å²) in [5.74, 6) is -0.351.